The SMILES string of the molecule is Cc1ccc(C2=NCC(C)[Si](C)(C)O2)cc1. The Morgan fingerprint density at radius 2 is 1.88 bits per heavy atom. The number of hydrogen-bond acceptors (Lipinski definition) is 2. The Morgan fingerprint density at radius 3 is 2.44 bits per heavy atom. The van der Waals surface area contributed by atoms with Crippen molar-refractivity contribution in [3.05, 3.63) is 35.4 Å². The third-order valence-electron chi connectivity index (χ3n) is 3.35. The van der Waals surface area contributed by atoms with Crippen LogP contribution in [0.15, 0.2) is 29.3 Å². The monoisotopic (exact) mass is 233 g/mol. The molecule has 0 saturated heterocycles. The number of aryl methyl sites for hydroxylation is 1. The van der Waals surface area contributed by atoms with E-state index in [-0.39, 0.29) is 0 Å². The largest absolute Gasteiger partial charge is 0.531 e. The van der Waals surface area contributed by atoms with Crippen molar-refractivity contribution in [3.63, 3.8) is 0 Å². The second-order valence-electron chi connectivity index (χ2n) is 5.12. The van der Waals surface area contributed by atoms with Crippen LogP contribution in [0.25, 0.3) is 0 Å². The van der Waals surface area contributed by atoms with Crippen molar-refractivity contribution in [2.75, 3.05) is 6.54 Å². The van der Waals surface area contributed by atoms with Gasteiger partial charge in [0.2, 0.25) is 5.90 Å². The summed E-state index contributed by atoms with van der Waals surface area (Å²) in [5.41, 5.74) is 2.98. The Labute approximate surface area is 98.5 Å². The Kier molecular flexibility index (Phi) is 2.89. The van der Waals surface area contributed by atoms with E-state index in [0.29, 0.717) is 5.54 Å². The molecule has 0 fully saturated rings. The number of aliphatic imine (C=N–C) groups is 1. The van der Waals surface area contributed by atoms with Gasteiger partial charge in [0.25, 0.3) is 8.32 Å². The standard InChI is InChI=1S/C13H19NOSi/c1-10-5-7-12(8-6-10)13-14-9-11(2)16(3,4)15-13/h5-8,11H,9H2,1-4H3. The topological polar surface area (TPSA) is 21.6 Å². The van der Waals surface area contributed by atoms with Crippen molar-refractivity contribution in [2.45, 2.75) is 32.5 Å². The predicted octanol–water partition coefficient (Wildman–Crippen LogP) is 3.37. The molecule has 2 rings (SSSR count). The fourth-order valence-corrected chi connectivity index (χ4v) is 3.08. The molecule has 16 heavy (non-hydrogen) atoms. The minimum absolute atomic E-state index is 0.599. The van der Waals surface area contributed by atoms with Crippen molar-refractivity contribution < 1.29 is 4.43 Å². The van der Waals surface area contributed by atoms with Gasteiger partial charge in [0.1, 0.15) is 0 Å². The average molecular weight is 233 g/mol. The van der Waals surface area contributed by atoms with Crippen LogP contribution < -0.4 is 0 Å². The summed E-state index contributed by atoms with van der Waals surface area (Å²) in [5.74, 6) is 0.842. The summed E-state index contributed by atoms with van der Waals surface area (Å²) in [6, 6.07) is 8.39. The predicted molar refractivity (Wildman–Crippen MR) is 70.6 cm³/mol. The minimum Gasteiger partial charge on any atom is -0.531 e. The summed E-state index contributed by atoms with van der Waals surface area (Å²) >= 11 is 0. The van der Waals surface area contributed by atoms with Gasteiger partial charge < -0.3 is 4.43 Å². The molecule has 0 N–H and O–H groups in total. The van der Waals surface area contributed by atoms with Crippen molar-refractivity contribution in [3.8, 4) is 0 Å². The lowest BCUT2D eigenvalue weighted by Crippen LogP contribution is -2.42. The van der Waals surface area contributed by atoms with Gasteiger partial charge in [0.15, 0.2) is 0 Å². The van der Waals surface area contributed by atoms with Gasteiger partial charge in [0.05, 0.1) is 0 Å². The maximum atomic E-state index is 6.10. The van der Waals surface area contributed by atoms with E-state index >= 15 is 0 Å². The van der Waals surface area contributed by atoms with E-state index < -0.39 is 8.32 Å². The maximum absolute atomic E-state index is 6.10. The summed E-state index contributed by atoms with van der Waals surface area (Å²) in [6.45, 7) is 9.76. The van der Waals surface area contributed by atoms with Crippen LogP contribution in [0.3, 0.4) is 0 Å². The number of hydrogen-bond donors (Lipinski definition) is 0. The molecule has 1 aromatic rings. The Bertz CT molecular complexity index is 408. The molecule has 3 heteroatoms. The molecule has 0 amide bonds. The first-order valence-corrected chi connectivity index (χ1v) is 8.78. The highest BCUT2D eigenvalue weighted by atomic mass is 28.4. The van der Waals surface area contributed by atoms with Crippen molar-refractivity contribution in [1.29, 1.82) is 0 Å². The lowest BCUT2D eigenvalue weighted by Gasteiger charge is -2.34. The van der Waals surface area contributed by atoms with Crippen molar-refractivity contribution in [1.82, 2.24) is 0 Å². The van der Waals surface area contributed by atoms with E-state index in [2.05, 4.69) is 56.2 Å². The molecule has 1 aromatic carbocycles. The molecule has 1 heterocycles. The molecule has 2 nitrogen and oxygen atoms in total. The Morgan fingerprint density at radius 1 is 1.25 bits per heavy atom. The number of benzene rings is 1. The first kappa shape index (κ1) is 11.4. The zero-order valence-electron chi connectivity index (χ0n) is 10.4. The molecule has 1 aliphatic heterocycles. The van der Waals surface area contributed by atoms with Crippen molar-refractivity contribution >= 4 is 14.2 Å². The first-order valence-electron chi connectivity index (χ1n) is 5.79. The van der Waals surface area contributed by atoms with E-state index in [1.807, 2.05) is 0 Å². The molecule has 1 aliphatic rings. The van der Waals surface area contributed by atoms with Gasteiger partial charge in [-0.3, -0.25) is 4.99 Å². The normalized spacial score (nSPS) is 23.5. The van der Waals surface area contributed by atoms with Gasteiger partial charge in [-0.2, -0.15) is 0 Å². The molecule has 1 unspecified atom stereocenters. The van der Waals surface area contributed by atoms with Gasteiger partial charge in [-0.15, -0.1) is 0 Å². The zero-order valence-corrected chi connectivity index (χ0v) is 11.4. The second-order valence-corrected chi connectivity index (χ2v) is 9.52. The van der Waals surface area contributed by atoms with E-state index in [1.165, 1.54) is 5.56 Å². The van der Waals surface area contributed by atoms with E-state index in [0.717, 1.165) is 18.0 Å². The van der Waals surface area contributed by atoms with Gasteiger partial charge in [-0.05, 0) is 32.2 Å². The summed E-state index contributed by atoms with van der Waals surface area (Å²) in [7, 11) is -1.58. The lowest BCUT2D eigenvalue weighted by molar-refractivity contribution is 0.498. The second kappa shape index (κ2) is 4.05. The van der Waals surface area contributed by atoms with Crippen LogP contribution in [0.2, 0.25) is 18.6 Å². The van der Waals surface area contributed by atoms with Crippen molar-refractivity contribution in [2.24, 2.45) is 4.99 Å². The van der Waals surface area contributed by atoms with E-state index in [4.69, 9.17) is 4.43 Å². The van der Waals surface area contributed by atoms with Crippen LogP contribution in [0.1, 0.15) is 18.1 Å². The van der Waals surface area contributed by atoms with E-state index in [9.17, 15) is 0 Å². The van der Waals surface area contributed by atoms with Crippen LogP contribution >= 0.6 is 0 Å². The van der Waals surface area contributed by atoms with Gasteiger partial charge >= 0.3 is 0 Å². The first-order chi connectivity index (χ1) is 7.49. The quantitative estimate of drug-likeness (QED) is 0.682. The molecule has 0 spiro atoms. The molecular weight excluding hydrogens is 214 g/mol. The Hall–Kier alpha value is -1.09. The fraction of sp³-hybridized carbons (Fsp3) is 0.462. The highest BCUT2D eigenvalue weighted by Crippen LogP contribution is 2.28. The van der Waals surface area contributed by atoms with Crippen LogP contribution in [0, 0.1) is 6.92 Å². The molecule has 86 valence electrons. The highest BCUT2D eigenvalue weighted by molar-refractivity contribution is 6.74. The number of nitrogens with zero attached hydrogens (tertiary/aromatic N) is 1. The Balaban J connectivity index is 2.26. The lowest BCUT2D eigenvalue weighted by atomic mass is 10.1. The number of rotatable bonds is 1. The van der Waals surface area contributed by atoms with Crippen LogP contribution in [-0.2, 0) is 4.43 Å². The van der Waals surface area contributed by atoms with Crippen LogP contribution in [0.4, 0.5) is 0 Å². The summed E-state index contributed by atoms with van der Waals surface area (Å²) in [6.07, 6.45) is 0. The molecule has 0 saturated carbocycles. The smallest absolute Gasteiger partial charge is 0.251 e. The minimum atomic E-state index is -1.58. The van der Waals surface area contributed by atoms with Gasteiger partial charge in [0, 0.05) is 17.6 Å². The average Bonchev–Trinajstić information content (AvgIpc) is 2.23. The zero-order chi connectivity index (χ0) is 11.8. The molecule has 0 bridgehead atoms. The van der Waals surface area contributed by atoms with Crippen LogP contribution in [0.5, 0.6) is 0 Å². The van der Waals surface area contributed by atoms with Gasteiger partial charge in [-0.25, -0.2) is 0 Å². The molecule has 0 aromatic heterocycles. The van der Waals surface area contributed by atoms with E-state index in [1.54, 1.807) is 0 Å². The molecule has 0 radical (unpaired) electrons. The van der Waals surface area contributed by atoms with Gasteiger partial charge in [-0.1, -0.05) is 24.6 Å². The third-order valence-corrected chi connectivity index (χ3v) is 6.63. The summed E-state index contributed by atoms with van der Waals surface area (Å²) < 4.78 is 6.10. The summed E-state index contributed by atoms with van der Waals surface area (Å²) in [4.78, 5) is 4.54. The highest BCUT2D eigenvalue weighted by Gasteiger charge is 2.36. The molecule has 1 atom stereocenters. The third kappa shape index (κ3) is 2.19. The maximum Gasteiger partial charge on any atom is 0.251 e. The molecular formula is C13H19NOSi. The summed E-state index contributed by atoms with van der Waals surface area (Å²) in [5, 5.41) is 0. The van der Waals surface area contributed by atoms with Crippen LogP contribution in [-0.4, -0.2) is 20.8 Å². The molecule has 0 aliphatic carbocycles. The fourth-order valence-electron chi connectivity index (χ4n) is 1.67.